The van der Waals surface area contributed by atoms with Crippen LogP contribution in [0.15, 0.2) is 200 Å². The first-order valence-electron chi connectivity index (χ1n) is 19.3. The number of ether oxygens (including phenoxy) is 2. The van der Waals surface area contributed by atoms with Crippen LogP contribution in [0.25, 0.3) is 78.4 Å². The van der Waals surface area contributed by atoms with Gasteiger partial charge in [0, 0.05) is 39.1 Å². The second-order valence-electron chi connectivity index (χ2n) is 14.4. The molecule has 0 atom stereocenters. The lowest BCUT2D eigenvalue weighted by molar-refractivity contribution is 0.454. The van der Waals surface area contributed by atoms with Gasteiger partial charge in [0.2, 0.25) is 9.79 Å². The molecule has 0 N–H and O–H groups in total. The SMILES string of the molecule is c1ccc(-c2nc(-c3ccccc3)nc(-c3cccc4oc5c(-c6ccc7c(c6)Sc6ccccc6O7)cc(-c6ccc7c(c6)[SH+]c6ccccc6O7)cc5c34)n2)cc1. The van der Waals surface area contributed by atoms with Crippen molar-refractivity contribution in [3.05, 3.63) is 176 Å². The smallest absolute Gasteiger partial charge is 0.201 e. The molecular formula is C51H30N3O3S2+. The van der Waals surface area contributed by atoms with Crippen LogP contribution in [0.3, 0.4) is 0 Å². The maximum Gasteiger partial charge on any atom is 0.201 e. The molecular weight excluding hydrogens is 767 g/mol. The molecule has 0 amide bonds. The summed E-state index contributed by atoms with van der Waals surface area (Å²) in [4.78, 5) is 19.6. The molecule has 8 heteroatoms. The van der Waals surface area contributed by atoms with E-state index >= 15 is 0 Å². The van der Waals surface area contributed by atoms with E-state index in [1.54, 1.807) is 11.8 Å². The topological polar surface area (TPSA) is 70.3 Å². The largest absolute Gasteiger partial charge is 0.455 e. The van der Waals surface area contributed by atoms with Gasteiger partial charge in [0.05, 0.1) is 21.6 Å². The van der Waals surface area contributed by atoms with E-state index < -0.39 is 0 Å². The second-order valence-corrected chi connectivity index (χ2v) is 16.7. The van der Waals surface area contributed by atoms with E-state index in [9.17, 15) is 0 Å². The summed E-state index contributed by atoms with van der Waals surface area (Å²) in [5, 5.41) is 1.91. The Balaban J connectivity index is 1.08. The van der Waals surface area contributed by atoms with Crippen molar-refractivity contribution in [1.82, 2.24) is 15.0 Å². The molecule has 0 fully saturated rings. The fraction of sp³-hybridized carbons (Fsp3) is 0. The van der Waals surface area contributed by atoms with E-state index in [1.165, 1.54) is 0 Å². The number of thiol groups is 1. The van der Waals surface area contributed by atoms with Crippen LogP contribution in [-0.2, 0) is 11.8 Å². The van der Waals surface area contributed by atoms with Crippen LogP contribution < -0.4 is 9.47 Å². The zero-order valence-corrected chi connectivity index (χ0v) is 32.9. The highest BCUT2D eigenvalue weighted by Crippen LogP contribution is 2.50. The Hall–Kier alpha value is -7.13. The zero-order valence-electron chi connectivity index (χ0n) is 31.2. The van der Waals surface area contributed by atoms with Crippen molar-refractivity contribution in [1.29, 1.82) is 0 Å². The number of fused-ring (bicyclic) bond motifs is 7. The van der Waals surface area contributed by atoms with Crippen molar-refractivity contribution in [3.63, 3.8) is 0 Å². The molecule has 0 saturated heterocycles. The molecule has 8 aromatic carbocycles. The first-order valence-corrected chi connectivity index (χ1v) is 21.0. The van der Waals surface area contributed by atoms with Gasteiger partial charge in [0.25, 0.3) is 0 Å². The lowest BCUT2D eigenvalue weighted by Gasteiger charge is -2.20. The number of hydrogen-bond acceptors (Lipinski definition) is 7. The summed E-state index contributed by atoms with van der Waals surface area (Å²) in [6, 6.07) is 60.0. The van der Waals surface area contributed by atoms with Gasteiger partial charge in [-0.2, -0.15) is 0 Å². The third kappa shape index (κ3) is 5.95. The van der Waals surface area contributed by atoms with Gasteiger partial charge in [-0.15, -0.1) is 0 Å². The molecule has 10 aromatic rings. The fourth-order valence-corrected chi connectivity index (χ4v) is 9.95. The number of hydrogen-bond donors (Lipinski definition) is 0. The normalized spacial score (nSPS) is 12.5. The Morgan fingerprint density at radius 3 is 1.86 bits per heavy atom. The zero-order chi connectivity index (χ0) is 38.9. The van der Waals surface area contributed by atoms with Gasteiger partial charge < -0.3 is 13.9 Å². The van der Waals surface area contributed by atoms with Crippen LogP contribution in [-0.4, -0.2) is 15.0 Å². The molecule has 2 aliphatic rings. The first kappa shape index (κ1) is 34.0. The molecule has 12 rings (SSSR count). The summed E-state index contributed by atoms with van der Waals surface area (Å²) in [5.41, 5.74) is 8.36. The summed E-state index contributed by atoms with van der Waals surface area (Å²) >= 11 is 2.82. The van der Waals surface area contributed by atoms with E-state index in [2.05, 4.69) is 72.8 Å². The Morgan fingerprint density at radius 1 is 0.407 bits per heavy atom. The van der Waals surface area contributed by atoms with Gasteiger partial charge in [-0.05, 0) is 77.4 Å². The monoisotopic (exact) mass is 796 g/mol. The Labute approximate surface area is 347 Å². The van der Waals surface area contributed by atoms with Crippen molar-refractivity contribution in [2.75, 3.05) is 0 Å². The third-order valence-electron chi connectivity index (χ3n) is 10.7. The van der Waals surface area contributed by atoms with Gasteiger partial charge in [-0.25, -0.2) is 15.0 Å². The minimum Gasteiger partial charge on any atom is -0.455 e. The number of para-hydroxylation sites is 2. The minimum absolute atomic E-state index is 0.572. The van der Waals surface area contributed by atoms with Crippen LogP contribution in [0.2, 0.25) is 0 Å². The highest BCUT2D eigenvalue weighted by Gasteiger charge is 2.27. The predicted octanol–water partition coefficient (Wildman–Crippen LogP) is 13.7. The quantitative estimate of drug-likeness (QED) is 0.127. The highest BCUT2D eigenvalue weighted by molar-refractivity contribution is 7.99. The number of rotatable bonds is 5. The van der Waals surface area contributed by atoms with Crippen molar-refractivity contribution in [2.24, 2.45) is 0 Å². The number of aromatic nitrogens is 3. The van der Waals surface area contributed by atoms with Crippen molar-refractivity contribution in [3.8, 4) is 79.4 Å². The predicted molar refractivity (Wildman–Crippen MR) is 237 cm³/mol. The van der Waals surface area contributed by atoms with Crippen LogP contribution in [0.4, 0.5) is 0 Å². The van der Waals surface area contributed by atoms with Crippen LogP contribution >= 0.6 is 11.8 Å². The van der Waals surface area contributed by atoms with Gasteiger partial charge in [-0.1, -0.05) is 121 Å². The summed E-state index contributed by atoms with van der Waals surface area (Å²) in [7, 11) is 0. The molecule has 0 bridgehead atoms. The molecule has 2 aromatic heterocycles. The van der Waals surface area contributed by atoms with E-state index in [0.29, 0.717) is 17.5 Å². The van der Waals surface area contributed by atoms with Gasteiger partial charge in [0.15, 0.2) is 29.0 Å². The lowest BCUT2D eigenvalue weighted by Crippen LogP contribution is -2.00. The Morgan fingerprint density at radius 2 is 1.05 bits per heavy atom. The number of furan rings is 1. The summed E-state index contributed by atoms with van der Waals surface area (Å²) < 4.78 is 19.6. The van der Waals surface area contributed by atoms with E-state index in [4.69, 9.17) is 28.8 Å². The van der Waals surface area contributed by atoms with Crippen molar-refractivity contribution in [2.45, 2.75) is 19.6 Å². The minimum atomic E-state index is 0.572. The maximum absolute atomic E-state index is 6.92. The Bertz CT molecular complexity index is 3240. The van der Waals surface area contributed by atoms with Gasteiger partial charge in [-0.3, -0.25) is 0 Å². The molecule has 278 valence electrons. The van der Waals surface area contributed by atoms with E-state index in [-0.39, 0.29) is 0 Å². The molecule has 59 heavy (non-hydrogen) atoms. The van der Waals surface area contributed by atoms with Gasteiger partial charge >= 0.3 is 0 Å². The average molecular weight is 797 g/mol. The van der Waals surface area contributed by atoms with Crippen LogP contribution in [0.1, 0.15) is 0 Å². The average Bonchev–Trinajstić information content (AvgIpc) is 3.69. The molecule has 0 radical (unpaired) electrons. The van der Waals surface area contributed by atoms with Crippen LogP contribution in [0.5, 0.6) is 23.0 Å². The van der Waals surface area contributed by atoms with Crippen molar-refractivity contribution < 1.29 is 13.9 Å². The van der Waals surface area contributed by atoms with Gasteiger partial charge in [0.1, 0.15) is 22.7 Å². The summed E-state index contributed by atoms with van der Waals surface area (Å²) in [5.74, 6) is 5.26. The number of benzene rings is 8. The summed E-state index contributed by atoms with van der Waals surface area (Å²) in [6.07, 6.45) is 0. The summed E-state index contributed by atoms with van der Waals surface area (Å²) in [6.45, 7) is 0. The number of nitrogens with zero attached hydrogens (tertiary/aromatic N) is 3. The third-order valence-corrected chi connectivity index (χ3v) is 13.0. The molecule has 6 nitrogen and oxygen atoms in total. The highest BCUT2D eigenvalue weighted by atomic mass is 32.2. The molecule has 4 heterocycles. The molecule has 0 unspecified atom stereocenters. The standard InChI is InChI=1S/C51H29N3O3S2/c1-3-12-30(13-4-1)49-52-50(31-14-5-2-6-15-31)54-51(53-49)35-16-11-19-42-47(35)37-27-34(32-22-24-40-45(28-32)58-43-20-9-7-17-38(43)55-40)26-36(48(37)57-42)33-23-25-41-46(29-33)59-44-21-10-8-18-39(44)56-41/h1-29H/p+1. The fourth-order valence-electron chi connectivity index (χ4n) is 7.88. The lowest BCUT2D eigenvalue weighted by atomic mass is 9.94. The molecule has 0 spiro atoms. The van der Waals surface area contributed by atoms with E-state index in [0.717, 1.165) is 115 Å². The first-order chi connectivity index (χ1) is 29.2. The Kier molecular flexibility index (Phi) is 7.92. The van der Waals surface area contributed by atoms with Crippen molar-refractivity contribution >= 4 is 45.5 Å². The molecule has 2 aliphatic heterocycles. The maximum atomic E-state index is 6.92. The van der Waals surface area contributed by atoms with Crippen LogP contribution in [0, 0.1) is 0 Å². The molecule has 0 saturated carbocycles. The second kappa shape index (κ2) is 13.8. The molecule has 0 aliphatic carbocycles. The van der Waals surface area contributed by atoms with E-state index in [1.807, 2.05) is 103 Å².